The fourth-order valence-electron chi connectivity index (χ4n) is 2.66. The molecular formula is C16H18BrN5O4. The largest absolute Gasteiger partial charge is 0.493 e. The molecule has 1 aromatic carbocycles. The molecule has 0 aliphatic carbocycles. The van der Waals surface area contributed by atoms with Crippen molar-refractivity contribution in [2.45, 2.75) is 6.54 Å². The number of aromatic nitrogens is 4. The average Bonchev–Trinajstić information content (AvgIpc) is 3.04. The van der Waals surface area contributed by atoms with Gasteiger partial charge in [0.1, 0.15) is 0 Å². The van der Waals surface area contributed by atoms with E-state index in [9.17, 15) is 0 Å². The van der Waals surface area contributed by atoms with Crippen LogP contribution in [0.25, 0.3) is 11.2 Å². The van der Waals surface area contributed by atoms with E-state index in [1.807, 2.05) is 10.6 Å². The molecule has 2 N–H and O–H groups in total. The molecule has 0 spiro atoms. The molecule has 0 radical (unpaired) electrons. The van der Waals surface area contributed by atoms with Gasteiger partial charge in [0.15, 0.2) is 22.7 Å². The molecule has 0 aliphatic heterocycles. The Balaban J connectivity index is 2.12. The minimum absolute atomic E-state index is 0.111. The Kier molecular flexibility index (Phi) is 5.03. The van der Waals surface area contributed by atoms with Gasteiger partial charge in [0, 0.05) is 0 Å². The van der Waals surface area contributed by atoms with E-state index in [0.29, 0.717) is 40.8 Å². The predicted octanol–water partition coefficient (Wildman–Crippen LogP) is 2.25. The maximum absolute atomic E-state index is 5.77. The van der Waals surface area contributed by atoms with Crippen molar-refractivity contribution in [1.82, 2.24) is 19.5 Å². The fourth-order valence-corrected chi connectivity index (χ4v) is 3.24. The molecule has 0 saturated carbocycles. The highest BCUT2D eigenvalue weighted by Gasteiger charge is 2.20. The number of anilines is 1. The third-order valence-corrected chi connectivity index (χ3v) is 4.70. The Labute approximate surface area is 158 Å². The highest BCUT2D eigenvalue weighted by atomic mass is 79.9. The maximum atomic E-state index is 5.77. The zero-order valence-electron chi connectivity index (χ0n) is 14.7. The molecule has 3 aromatic rings. The fraction of sp³-hybridized carbons (Fsp3) is 0.312. The molecule has 2 heterocycles. The maximum Gasteiger partial charge on any atom is 0.246 e. The van der Waals surface area contributed by atoms with Crippen LogP contribution in [0.4, 0.5) is 5.95 Å². The molecule has 0 amide bonds. The van der Waals surface area contributed by atoms with E-state index in [4.69, 9.17) is 24.7 Å². The van der Waals surface area contributed by atoms with Crippen molar-refractivity contribution < 1.29 is 18.9 Å². The van der Waals surface area contributed by atoms with Gasteiger partial charge in [-0.2, -0.15) is 9.97 Å². The molecule has 26 heavy (non-hydrogen) atoms. The van der Waals surface area contributed by atoms with Crippen molar-refractivity contribution >= 4 is 33.0 Å². The van der Waals surface area contributed by atoms with Gasteiger partial charge in [-0.25, -0.2) is 4.98 Å². The van der Waals surface area contributed by atoms with E-state index in [0.717, 1.165) is 10.0 Å². The number of fused-ring (bicyclic) bond motifs is 1. The van der Waals surface area contributed by atoms with Crippen LogP contribution in [0.15, 0.2) is 16.9 Å². The van der Waals surface area contributed by atoms with Crippen molar-refractivity contribution in [2.75, 3.05) is 34.2 Å². The van der Waals surface area contributed by atoms with Gasteiger partial charge in [-0.05, 0) is 27.6 Å². The minimum Gasteiger partial charge on any atom is -0.493 e. The highest BCUT2D eigenvalue weighted by Crippen LogP contribution is 2.45. The Morgan fingerprint density at radius 3 is 2.38 bits per heavy atom. The van der Waals surface area contributed by atoms with Crippen LogP contribution < -0.4 is 24.7 Å². The molecule has 9 nitrogen and oxygen atoms in total. The topological polar surface area (TPSA) is 107 Å². The molecule has 10 heteroatoms. The summed E-state index contributed by atoms with van der Waals surface area (Å²) >= 11 is 3.57. The lowest BCUT2D eigenvalue weighted by molar-refractivity contribution is 0.322. The molecule has 0 atom stereocenters. The summed E-state index contributed by atoms with van der Waals surface area (Å²) in [5, 5.41) is 0. The smallest absolute Gasteiger partial charge is 0.246 e. The van der Waals surface area contributed by atoms with Gasteiger partial charge in [0.2, 0.25) is 17.6 Å². The number of imidazole rings is 1. The lowest BCUT2D eigenvalue weighted by Gasteiger charge is -2.17. The average molecular weight is 424 g/mol. The lowest BCUT2D eigenvalue weighted by atomic mass is 10.1. The number of benzene rings is 1. The number of hydrogen-bond donors (Lipinski definition) is 1. The first-order valence-electron chi connectivity index (χ1n) is 7.53. The molecule has 2 aromatic heterocycles. The molecule has 0 fully saturated rings. The van der Waals surface area contributed by atoms with Crippen LogP contribution in [-0.2, 0) is 6.54 Å². The summed E-state index contributed by atoms with van der Waals surface area (Å²) in [7, 11) is 6.20. The summed E-state index contributed by atoms with van der Waals surface area (Å²) in [6, 6.07) is 1.86. The minimum atomic E-state index is 0.111. The molecule has 0 aliphatic rings. The summed E-state index contributed by atoms with van der Waals surface area (Å²) in [5.41, 5.74) is 7.75. The van der Waals surface area contributed by atoms with Crippen LogP contribution in [0.1, 0.15) is 5.56 Å². The lowest BCUT2D eigenvalue weighted by Crippen LogP contribution is -2.05. The number of hydrogen-bond acceptors (Lipinski definition) is 8. The van der Waals surface area contributed by atoms with E-state index < -0.39 is 0 Å². The standard InChI is InChI=1S/C16H18BrN5O4/c1-23-9-5-8(10(17)13(25-3)12(9)24-2)6-22-7-19-11-14(22)20-16(18)21-15(11)26-4/h5,7H,6H2,1-4H3,(H2,18,20,21). The first-order valence-corrected chi connectivity index (χ1v) is 8.33. The van der Waals surface area contributed by atoms with Gasteiger partial charge in [0.05, 0.1) is 45.8 Å². The van der Waals surface area contributed by atoms with E-state index in [1.165, 1.54) is 7.11 Å². The first-order chi connectivity index (χ1) is 12.5. The van der Waals surface area contributed by atoms with E-state index >= 15 is 0 Å². The highest BCUT2D eigenvalue weighted by molar-refractivity contribution is 9.10. The van der Waals surface area contributed by atoms with Crippen LogP contribution in [-0.4, -0.2) is 48.0 Å². The molecule has 0 unspecified atom stereocenters. The summed E-state index contributed by atoms with van der Waals surface area (Å²) in [4.78, 5) is 12.6. The quantitative estimate of drug-likeness (QED) is 0.642. The normalized spacial score (nSPS) is 10.8. The van der Waals surface area contributed by atoms with Gasteiger partial charge in [-0.1, -0.05) is 0 Å². The second kappa shape index (κ2) is 7.24. The van der Waals surface area contributed by atoms with Gasteiger partial charge < -0.3 is 29.2 Å². The van der Waals surface area contributed by atoms with Gasteiger partial charge in [-0.3, -0.25) is 0 Å². The van der Waals surface area contributed by atoms with Crippen molar-refractivity contribution in [2.24, 2.45) is 0 Å². The molecule has 138 valence electrons. The number of nitrogens with zero attached hydrogens (tertiary/aromatic N) is 4. The SMILES string of the molecule is COc1cc(Cn2cnc3c(OC)nc(N)nc32)c(Br)c(OC)c1OC. The predicted molar refractivity (Wildman–Crippen MR) is 99.2 cm³/mol. The summed E-state index contributed by atoms with van der Waals surface area (Å²) < 4.78 is 24.1. The van der Waals surface area contributed by atoms with Gasteiger partial charge in [0.25, 0.3) is 0 Å². The Bertz CT molecular complexity index is 960. The summed E-state index contributed by atoms with van der Waals surface area (Å²) in [6.45, 7) is 0.438. The van der Waals surface area contributed by atoms with Crippen molar-refractivity contribution in [1.29, 1.82) is 0 Å². The number of ether oxygens (including phenoxy) is 4. The molecule has 0 bridgehead atoms. The number of methoxy groups -OCH3 is 4. The van der Waals surface area contributed by atoms with E-state index in [1.54, 1.807) is 27.7 Å². The van der Waals surface area contributed by atoms with Crippen LogP contribution in [0.3, 0.4) is 0 Å². The Hall–Kier alpha value is -2.75. The Morgan fingerprint density at radius 2 is 1.77 bits per heavy atom. The number of halogens is 1. The second-order valence-electron chi connectivity index (χ2n) is 5.25. The summed E-state index contributed by atoms with van der Waals surface area (Å²) in [6.07, 6.45) is 1.65. The van der Waals surface area contributed by atoms with Crippen LogP contribution in [0.2, 0.25) is 0 Å². The van der Waals surface area contributed by atoms with Crippen LogP contribution >= 0.6 is 15.9 Å². The van der Waals surface area contributed by atoms with Crippen molar-refractivity contribution in [3.05, 3.63) is 22.4 Å². The third-order valence-electron chi connectivity index (χ3n) is 3.83. The van der Waals surface area contributed by atoms with Gasteiger partial charge in [-0.15, -0.1) is 0 Å². The zero-order valence-corrected chi connectivity index (χ0v) is 16.3. The Morgan fingerprint density at radius 1 is 1.04 bits per heavy atom. The first kappa shape index (κ1) is 18.1. The van der Waals surface area contributed by atoms with Crippen molar-refractivity contribution in [3.63, 3.8) is 0 Å². The zero-order chi connectivity index (χ0) is 18.8. The third kappa shape index (κ3) is 2.96. The molecule has 0 saturated heterocycles. The number of rotatable bonds is 6. The van der Waals surface area contributed by atoms with E-state index in [2.05, 4.69) is 30.9 Å². The number of nitrogen functional groups attached to an aromatic ring is 1. The van der Waals surface area contributed by atoms with E-state index in [-0.39, 0.29) is 5.95 Å². The number of nitrogens with two attached hydrogens (primary N) is 1. The van der Waals surface area contributed by atoms with Crippen molar-refractivity contribution in [3.8, 4) is 23.1 Å². The monoisotopic (exact) mass is 423 g/mol. The second-order valence-corrected chi connectivity index (χ2v) is 6.05. The van der Waals surface area contributed by atoms with Gasteiger partial charge >= 0.3 is 0 Å². The molecule has 3 rings (SSSR count). The molecular weight excluding hydrogens is 406 g/mol. The van der Waals surface area contributed by atoms with Crippen LogP contribution in [0, 0.1) is 0 Å². The van der Waals surface area contributed by atoms with Crippen LogP contribution in [0.5, 0.6) is 23.1 Å². The summed E-state index contributed by atoms with van der Waals surface area (Å²) in [5.74, 6) is 2.04.